The molecule has 0 bridgehead atoms. The van der Waals surface area contributed by atoms with Crippen LogP contribution in [-0.4, -0.2) is 4.98 Å². The van der Waals surface area contributed by atoms with Crippen LogP contribution in [0.2, 0.25) is 0 Å². The molecule has 0 saturated carbocycles. The van der Waals surface area contributed by atoms with Crippen molar-refractivity contribution in [3.05, 3.63) is 74.8 Å². The molecule has 1 aromatic heterocycles. The Morgan fingerprint density at radius 1 is 1.00 bits per heavy atom. The molecule has 104 valence electrons. The Kier molecular flexibility index (Phi) is 4.27. The minimum absolute atomic E-state index is 0.224. The lowest BCUT2D eigenvalue weighted by atomic mass is 10.2. The van der Waals surface area contributed by atoms with Crippen molar-refractivity contribution >= 4 is 39.4 Å². The van der Waals surface area contributed by atoms with Gasteiger partial charge in [-0.2, -0.15) is 0 Å². The van der Waals surface area contributed by atoms with Crippen molar-refractivity contribution in [2.45, 2.75) is 0 Å². The van der Waals surface area contributed by atoms with Crippen molar-refractivity contribution in [2.24, 2.45) is 0 Å². The summed E-state index contributed by atoms with van der Waals surface area (Å²) in [4.78, 5) is 4.55. The first-order valence-corrected chi connectivity index (χ1v) is 8.04. The van der Waals surface area contributed by atoms with Crippen molar-refractivity contribution < 1.29 is 4.39 Å². The van der Waals surface area contributed by atoms with E-state index in [4.69, 9.17) is 0 Å². The summed E-state index contributed by atoms with van der Waals surface area (Å²) in [6, 6.07) is 14.7. The van der Waals surface area contributed by atoms with E-state index in [0.717, 1.165) is 20.7 Å². The molecular formula is C17H11BrFNS. The van der Waals surface area contributed by atoms with Crippen LogP contribution in [0, 0.1) is 5.82 Å². The van der Waals surface area contributed by atoms with Crippen LogP contribution in [-0.2, 0) is 0 Å². The summed E-state index contributed by atoms with van der Waals surface area (Å²) in [6.07, 6.45) is 3.59. The predicted octanol–water partition coefficient (Wildman–Crippen LogP) is 5.88. The van der Waals surface area contributed by atoms with Gasteiger partial charge in [-0.05, 0) is 30.4 Å². The third kappa shape index (κ3) is 3.46. The number of thiazole rings is 1. The van der Waals surface area contributed by atoms with Crippen molar-refractivity contribution in [3.8, 4) is 11.3 Å². The fourth-order valence-electron chi connectivity index (χ4n) is 1.89. The summed E-state index contributed by atoms with van der Waals surface area (Å²) in [5, 5.41) is 2.86. The molecule has 1 heterocycles. The van der Waals surface area contributed by atoms with Gasteiger partial charge in [0.25, 0.3) is 0 Å². The Bertz CT molecular complexity index is 777. The summed E-state index contributed by atoms with van der Waals surface area (Å²) in [5.74, 6) is -0.224. The van der Waals surface area contributed by atoms with Crippen LogP contribution in [0.4, 0.5) is 4.39 Å². The quantitative estimate of drug-likeness (QED) is 0.568. The topological polar surface area (TPSA) is 12.9 Å². The minimum atomic E-state index is -0.224. The molecule has 0 spiro atoms. The van der Waals surface area contributed by atoms with E-state index in [9.17, 15) is 4.39 Å². The van der Waals surface area contributed by atoms with Crippen LogP contribution in [0.1, 0.15) is 10.6 Å². The predicted molar refractivity (Wildman–Crippen MR) is 90.6 cm³/mol. The summed E-state index contributed by atoms with van der Waals surface area (Å²) in [6.45, 7) is 0. The van der Waals surface area contributed by atoms with Gasteiger partial charge in [0, 0.05) is 21.0 Å². The molecule has 4 heteroatoms. The number of aromatic nitrogens is 1. The maximum absolute atomic E-state index is 13.5. The first kappa shape index (κ1) is 14.2. The highest BCUT2D eigenvalue weighted by molar-refractivity contribution is 9.10. The first-order chi connectivity index (χ1) is 10.2. The highest BCUT2D eigenvalue weighted by Gasteiger charge is 2.03. The second-order valence-corrected chi connectivity index (χ2v) is 6.24. The van der Waals surface area contributed by atoms with Gasteiger partial charge in [0.1, 0.15) is 10.8 Å². The zero-order valence-corrected chi connectivity index (χ0v) is 13.4. The largest absolute Gasteiger partial charge is 0.237 e. The average Bonchev–Trinajstić information content (AvgIpc) is 2.96. The number of hydrogen-bond donors (Lipinski definition) is 0. The molecule has 21 heavy (non-hydrogen) atoms. The highest BCUT2D eigenvalue weighted by atomic mass is 79.9. The van der Waals surface area contributed by atoms with Crippen molar-refractivity contribution in [2.75, 3.05) is 0 Å². The van der Waals surface area contributed by atoms with Gasteiger partial charge in [0.05, 0.1) is 5.69 Å². The Balaban J connectivity index is 1.82. The second kappa shape index (κ2) is 6.33. The summed E-state index contributed by atoms with van der Waals surface area (Å²) in [5.41, 5.74) is 2.57. The molecule has 0 aliphatic heterocycles. The summed E-state index contributed by atoms with van der Waals surface area (Å²) in [7, 11) is 0. The molecule has 0 aliphatic carbocycles. The SMILES string of the molecule is Fc1ccccc1/C=C/c1nc(-c2ccc(Br)cc2)cs1. The fraction of sp³-hybridized carbons (Fsp3) is 0. The normalized spacial score (nSPS) is 11.1. The third-order valence-electron chi connectivity index (χ3n) is 2.97. The molecule has 0 radical (unpaired) electrons. The molecule has 0 N–H and O–H groups in total. The number of nitrogens with zero attached hydrogens (tertiary/aromatic N) is 1. The van der Waals surface area contributed by atoms with E-state index in [-0.39, 0.29) is 5.82 Å². The Labute approximate surface area is 134 Å². The van der Waals surface area contributed by atoms with Crippen LogP contribution < -0.4 is 0 Å². The maximum atomic E-state index is 13.5. The third-order valence-corrected chi connectivity index (χ3v) is 4.31. The zero-order chi connectivity index (χ0) is 14.7. The van der Waals surface area contributed by atoms with Crippen LogP contribution in [0.15, 0.2) is 58.4 Å². The van der Waals surface area contributed by atoms with Crippen LogP contribution in [0.25, 0.3) is 23.4 Å². The Hall–Kier alpha value is -1.78. The van der Waals surface area contributed by atoms with E-state index in [0.29, 0.717) is 5.56 Å². The van der Waals surface area contributed by atoms with Gasteiger partial charge in [0.2, 0.25) is 0 Å². The molecule has 0 amide bonds. The number of halogens is 2. The smallest absolute Gasteiger partial charge is 0.130 e. The van der Waals surface area contributed by atoms with Crippen molar-refractivity contribution in [1.82, 2.24) is 4.98 Å². The second-order valence-electron chi connectivity index (χ2n) is 4.43. The molecule has 3 aromatic rings. The van der Waals surface area contributed by atoms with Gasteiger partial charge >= 0.3 is 0 Å². The van der Waals surface area contributed by atoms with Crippen LogP contribution in [0.5, 0.6) is 0 Å². The molecular weight excluding hydrogens is 349 g/mol. The van der Waals surface area contributed by atoms with Crippen LogP contribution in [0.3, 0.4) is 0 Å². The average molecular weight is 360 g/mol. The lowest BCUT2D eigenvalue weighted by molar-refractivity contribution is 0.625. The number of hydrogen-bond acceptors (Lipinski definition) is 2. The molecule has 1 nitrogen and oxygen atoms in total. The van der Waals surface area contributed by atoms with E-state index in [1.807, 2.05) is 41.8 Å². The van der Waals surface area contributed by atoms with Crippen LogP contribution >= 0.6 is 27.3 Å². The van der Waals surface area contributed by atoms with E-state index in [1.54, 1.807) is 29.5 Å². The number of rotatable bonds is 3. The van der Waals surface area contributed by atoms with Gasteiger partial charge in [-0.1, -0.05) is 46.3 Å². The van der Waals surface area contributed by atoms with Crippen molar-refractivity contribution in [1.29, 1.82) is 0 Å². The van der Waals surface area contributed by atoms with Gasteiger partial charge < -0.3 is 0 Å². The zero-order valence-electron chi connectivity index (χ0n) is 11.0. The molecule has 3 rings (SSSR count). The lowest BCUT2D eigenvalue weighted by Crippen LogP contribution is -1.80. The van der Waals surface area contributed by atoms with Gasteiger partial charge in [0.15, 0.2) is 0 Å². The number of benzene rings is 2. The fourth-order valence-corrected chi connectivity index (χ4v) is 2.87. The van der Waals surface area contributed by atoms with E-state index in [1.165, 1.54) is 6.07 Å². The lowest BCUT2D eigenvalue weighted by Gasteiger charge is -1.96. The molecule has 0 atom stereocenters. The standard InChI is InChI=1S/C17H11BrFNS/c18-14-8-5-13(6-9-14)16-11-21-17(20-16)10-7-12-3-1-2-4-15(12)19/h1-11H/b10-7+. The maximum Gasteiger partial charge on any atom is 0.130 e. The monoisotopic (exact) mass is 359 g/mol. The van der Waals surface area contributed by atoms with E-state index in [2.05, 4.69) is 20.9 Å². The molecule has 0 unspecified atom stereocenters. The van der Waals surface area contributed by atoms with E-state index < -0.39 is 0 Å². The Morgan fingerprint density at radius 2 is 1.76 bits per heavy atom. The molecule has 0 aliphatic rings. The molecule has 0 fully saturated rings. The van der Waals surface area contributed by atoms with E-state index >= 15 is 0 Å². The first-order valence-electron chi connectivity index (χ1n) is 6.36. The summed E-state index contributed by atoms with van der Waals surface area (Å²) < 4.78 is 14.6. The molecule has 2 aromatic carbocycles. The summed E-state index contributed by atoms with van der Waals surface area (Å²) >= 11 is 4.96. The van der Waals surface area contributed by atoms with Gasteiger partial charge in [-0.15, -0.1) is 11.3 Å². The Morgan fingerprint density at radius 3 is 2.52 bits per heavy atom. The molecule has 0 saturated heterocycles. The highest BCUT2D eigenvalue weighted by Crippen LogP contribution is 2.24. The van der Waals surface area contributed by atoms with Gasteiger partial charge in [-0.25, -0.2) is 9.37 Å². The van der Waals surface area contributed by atoms with Gasteiger partial charge in [-0.3, -0.25) is 0 Å². The van der Waals surface area contributed by atoms with Crippen molar-refractivity contribution in [3.63, 3.8) is 0 Å². The minimum Gasteiger partial charge on any atom is -0.237 e.